The van der Waals surface area contributed by atoms with E-state index in [-0.39, 0.29) is 0 Å². The Bertz CT molecular complexity index is 398. The topological polar surface area (TPSA) is 34.2 Å². The fourth-order valence-electron chi connectivity index (χ4n) is 3.05. The smallest absolute Gasteiger partial charge is 0.160 e. The summed E-state index contributed by atoms with van der Waals surface area (Å²) < 4.78 is 5.38. The summed E-state index contributed by atoms with van der Waals surface area (Å²) in [7, 11) is 1.70. The summed E-state index contributed by atoms with van der Waals surface area (Å²) in [6, 6.07) is 2.67. The molecule has 1 saturated carbocycles. The summed E-state index contributed by atoms with van der Waals surface area (Å²) >= 11 is 0. The van der Waals surface area contributed by atoms with E-state index in [0.29, 0.717) is 6.04 Å². The lowest BCUT2D eigenvalue weighted by molar-refractivity contribution is 0.318. The fourth-order valence-corrected chi connectivity index (χ4v) is 3.05. The summed E-state index contributed by atoms with van der Waals surface area (Å²) in [6.07, 6.45) is 9.78. The van der Waals surface area contributed by atoms with E-state index in [1.165, 1.54) is 38.5 Å². The molecular weight excluding hydrogens is 236 g/mol. The van der Waals surface area contributed by atoms with Gasteiger partial charge >= 0.3 is 0 Å². The number of pyridine rings is 1. The van der Waals surface area contributed by atoms with Crippen LogP contribution in [0.2, 0.25) is 0 Å². The minimum Gasteiger partial charge on any atom is -0.493 e. The Morgan fingerprint density at radius 3 is 2.68 bits per heavy atom. The molecule has 0 unspecified atom stereocenters. The van der Waals surface area contributed by atoms with Gasteiger partial charge in [0.1, 0.15) is 0 Å². The average Bonchev–Trinajstić information content (AvgIpc) is 2.42. The molecule has 2 rings (SSSR count). The van der Waals surface area contributed by atoms with Crippen molar-refractivity contribution in [2.45, 2.75) is 58.4 Å². The lowest BCUT2D eigenvalue weighted by Gasteiger charge is -2.30. The molecule has 0 aromatic carbocycles. The van der Waals surface area contributed by atoms with Crippen molar-refractivity contribution in [3.05, 3.63) is 18.0 Å². The Hall–Kier alpha value is -1.25. The van der Waals surface area contributed by atoms with Crippen LogP contribution < -0.4 is 10.1 Å². The van der Waals surface area contributed by atoms with Crippen molar-refractivity contribution in [3.8, 4) is 5.75 Å². The monoisotopic (exact) mass is 262 g/mol. The molecule has 1 aliphatic rings. The van der Waals surface area contributed by atoms with Crippen molar-refractivity contribution in [2.24, 2.45) is 5.92 Å². The predicted molar refractivity (Wildman–Crippen MR) is 79.8 cm³/mol. The number of ether oxygens (including phenoxy) is 1. The van der Waals surface area contributed by atoms with Crippen LogP contribution in [0.15, 0.2) is 12.3 Å². The molecule has 0 radical (unpaired) electrons. The molecule has 1 fully saturated rings. The first-order valence-corrected chi connectivity index (χ1v) is 7.50. The molecule has 106 valence electrons. The van der Waals surface area contributed by atoms with E-state index in [1.807, 2.05) is 6.92 Å². The van der Waals surface area contributed by atoms with Gasteiger partial charge in [-0.15, -0.1) is 0 Å². The predicted octanol–water partition coefficient (Wildman–Crippen LogP) is 4.17. The van der Waals surface area contributed by atoms with Crippen LogP contribution >= 0.6 is 0 Å². The molecule has 0 atom stereocenters. The van der Waals surface area contributed by atoms with Crippen molar-refractivity contribution < 1.29 is 4.74 Å². The van der Waals surface area contributed by atoms with Crippen LogP contribution in [0.5, 0.6) is 5.75 Å². The Morgan fingerprint density at radius 2 is 2.05 bits per heavy atom. The molecule has 1 N–H and O–H groups in total. The highest BCUT2D eigenvalue weighted by Crippen LogP contribution is 2.32. The average molecular weight is 262 g/mol. The Morgan fingerprint density at radius 1 is 1.32 bits per heavy atom. The summed E-state index contributed by atoms with van der Waals surface area (Å²) in [5, 5.41) is 3.64. The highest BCUT2D eigenvalue weighted by Gasteiger charge is 2.21. The summed E-state index contributed by atoms with van der Waals surface area (Å²) in [6.45, 7) is 4.30. The number of hydrogen-bond acceptors (Lipinski definition) is 3. The van der Waals surface area contributed by atoms with Crippen LogP contribution in [0.1, 0.15) is 51.1 Å². The minimum atomic E-state index is 0.587. The normalized spacial score (nSPS) is 23.1. The Balaban J connectivity index is 1.93. The maximum Gasteiger partial charge on any atom is 0.160 e. The van der Waals surface area contributed by atoms with Crippen molar-refractivity contribution in [2.75, 3.05) is 12.4 Å². The number of hydrogen-bond donors (Lipinski definition) is 1. The second kappa shape index (κ2) is 6.78. The van der Waals surface area contributed by atoms with Gasteiger partial charge in [0.15, 0.2) is 5.75 Å². The number of methoxy groups -OCH3 is 1. The molecule has 0 aliphatic heterocycles. The van der Waals surface area contributed by atoms with Gasteiger partial charge in [-0.25, -0.2) is 0 Å². The fraction of sp³-hybridized carbons (Fsp3) is 0.688. The molecule has 0 spiro atoms. The van der Waals surface area contributed by atoms with Gasteiger partial charge in [-0.2, -0.15) is 0 Å². The molecule has 1 aliphatic carbocycles. The zero-order valence-electron chi connectivity index (χ0n) is 12.4. The lowest BCUT2D eigenvalue weighted by atomic mass is 9.83. The Labute approximate surface area is 116 Å². The van der Waals surface area contributed by atoms with E-state index in [9.17, 15) is 0 Å². The molecule has 0 saturated heterocycles. The molecule has 3 heteroatoms. The van der Waals surface area contributed by atoms with E-state index in [0.717, 1.165) is 23.0 Å². The van der Waals surface area contributed by atoms with Gasteiger partial charge in [-0.05, 0) is 44.6 Å². The standard InChI is InChI=1S/C16H26N2O/c1-4-5-13-6-8-14(9-7-13)18-15-10-12(2)17-11-16(15)19-3/h10-11,13-14H,4-9H2,1-3H3,(H,17,18). The number of anilines is 1. The zero-order valence-corrected chi connectivity index (χ0v) is 12.4. The Kier molecular flexibility index (Phi) is 5.06. The van der Waals surface area contributed by atoms with Crippen LogP contribution in [-0.4, -0.2) is 18.1 Å². The third-order valence-electron chi connectivity index (χ3n) is 4.13. The minimum absolute atomic E-state index is 0.587. The molecule has 1 aromatic rings. The van der Waals surface area contributed by atoms with Crippen LogP contribution in [0.3, 0.4) is 0 Å². The van der Waals surface area contributed by atoms with E-state index >= 15 is 0 Å². The van der Waals surface area contributed by atoms with Gasteiger partial charge in [-0.1, -0.05) is 19.8 Å². The molecular formula is C16H26N2O. The number of aromatic nitrogens is 1. The van der Waals surface area contributed by atoms with Crippen LogP contribution in [0, 0.1) is 12.8 Å². The summed E-state index contributed by atoms with van der Waals surface area (Å²) in [5.41, 5.74) is 2.12. The van der Waals surface area contributed by atoms with Crippen LogP contribution in [0.4, 0.5) is 5.69 Å². The SMILES string of the molecule is CCCC1CCC(Nc2cc(C)ncc2OC)CC1. The molecule has 3 nitrogen and oxygen atoms in total. The number of rotatable bonds is 5. The van der Waals surface area contributed by atoms with E-state index in [2.05, 4.69) is 23.3 Å². The third kappa shape index (κ3) is 3.85. The second-order valence-electron chi connectivity index (χ2n) is 5.68. The first kappa shape index (κ1) is 14.2. The number of nitrogens with one attached hydrogen (secondary N) is 1. The quantitative estimate of drug-likeness (QED) is 0.864. The van der Waals surface area contributed by atoms with Crippen molar-refractivity contribution in [3.63, 3.8) is 0 Å². The van der Waals surface area contributed by atoms with Crippen LogP contribution in [-0.2, 0) is 0 Å². The maximum atomic E-state index is 5.38. The van der Waals surface area contributed by atoms with Gasteiger partial charge < -0.3 is 10.1 Å². The number of aryl methyl sites for hydroxylation is 1. The van der Waals surface area contributed by atoms with E-state index in [1.54, 1.807) is 13.3 Å². The highest BCUT2D eigenvalue weighted by molar-refractivity contribution is 5.56. The third-order valence-corrected chi connectivity index (χ3v) is 4.13. The van der Waals surface area contributed by atoms with Crippen molar-refractivity contribution in [1.29, 1.82) is 0 Å². The van der Waals surface area contributed by atoms with E-state index in [4.69, 9.17) is 4.74 Å². The van der Waals surface area contributed by atoms with Gasteiger partial charge in [0.2, 0.25) is 0 Å². The molecule has 19 heavy (non-hydrogen) atoms. The van der Waals surface area contributed by atoms with Gasteiger partial charge in [0.05, 0.1) is 19.0 Å². The van der Waals surface area contributed by atoms with Gasteiger partial charge in [0, 0.05) is 11.7 Å². The van der Waals surface area contributed by atoms with Gasteiger partial charge in [-0.3, -0.25) is 4.98 Å². The molecule has 1 aromatic heterocycles. The van der Waals surface area contributed by atoms with Crippen molar-refractivity contribution in [1.82, 2.24) is 4.98 Å². The molecule has 0 amide bonds. The highest BCUT2D eigenvalue weighted by atomic mass is 16.5. The lowest BCUT2D eigenvalue weighted by Crippen LogP contribution is -2.26. The summed E-state index contributed by atoms with van der Waals surface area (Å²) in [5.74, 6) is 1.80. The second-order valence-corrected chi connectivity index (χ2v) is 5.68. The first-order chi connectivity index (χ1) is 9.22. The molecule has 1 heterocycles. The molecule has 0 bridgehead atoms. The summed E-state index contributed by atoms with van der Waals surface area (Å²) in [4.78, 5) is 4.28. The van der Waals surface area contributed by atoms with Crippen LogP contribution in [0.25, 0.3) is 0 Å². The van der Waals surface area contributed by atoms with Crippen molar-refractivity contribution >= 4 is 5.69 Å². The van der Waals surface area contributed by atoms with Gasteiger partial charge in [0.25, 0.3) is 0 Å². The zero-order chi connectivity index (χ0) is 13.7. The maximum absolute atomic E-state index is 5.38. The first-order valence-electron chi connectivity index (χ1n) is 7.50. The van der Waals surface area contributed by atoms with E-state index < -0.39 is 0 Å². The largest absolute Gasteiger partial charge is 0.493 e. The number of nitrogens with zero attached hydrogens (tertiary/aromatic N) is 1.